The van der Waals surface area contributed by atoms with Crippen molar-refractivity contribution in [2.45, 2.75) is 6.92 Å². The molecule has 2 N–H and O–H groups in total. The Hall–Kier alpha value is -2.29. The highest BCUT2D eigenvalue weighted by Crippen LogP contribution is 2.28. The lowest BCUT2D eigenvalue weighted by molar-refractivity contribution is -0.114. The number of phenols is 1. The maximum atomic E-state index is 10.9. The van der Waals surface area contributed by atoms with Crippen molar-refractivity contribution >= 4 is 11.6 Å². The summed E-state index contributed by atoms with van der Waals surface area (Å²) in [6, 6.07) is 15.3. The summed E-state index contributed by atoms with van der Waals surface area (Å²) in [5.41, 5.74) is 2.25. The molecule has 3 heteroatoms. The number of carbonyl (C=O) groups is 1. The van der Waals surface area contributed by atoms with Gasteiger partial charge in [0, 0.05) is 18.2 Å². The predicted molar refractivity (Wildman–Crippen MR) is 66.7 cm³/mol. The number of amides is 1. The SMILES string of the molecule is CC(=O)Nc1ccc(-c2[c]cccc2O)cc1. The van der Waals surface area contributed by atoms with Gasteiger partial charge in [0.1, 0.15) is 5.75 Å². The number of benzene rings is 2. The second kappa shape index (κ2) is 4.70. The molecule has 0 aromatic heterocycles. The predicted octanol–water partition coefficient (Wildman–Crippen LogP) is 2.82. The molecule has 2 aromatic carbocycles. The molecule has 0 aliphatic carbocycles. The summed E-state index contributed by atoms with van der Waals surface area (Å²) < 4.78 is 0. The molecular formula is C14H12NO2. The van der Waals surface area contributed by atoms with Crippen molar-refractivity contribution in [3.8, 4) is 16.9 Å². The summed E-state index contributed by atoms with van der Waals surface area (Å²) in [6.07, 6.45) is 0. The first-order valence-corrected chi connectivity index (χ1v) is 5.24. The molecule has 0 saturated carbocycles. The third-order valence-electron chi connectivity index (χ3n) is 2.33. The molecule has 0 spiro atoms. The lowest BCUT2D eigenvalue weighted by atomic mass is 10.0. The van der Waals surface area contributed by atoms with Crippen LogP contribution < -0.4 is 5.32 Å². The normalized spacial score (nSPS) is 9.94. The van der Waals surface area contributed by atoms with Crippen LogP contribution in [0.25, 0.3) is 11.1 Å². The zero-order chi connectivity index (χ0) is 12.3. The van der Waals surface area contributed by atoms with E-state index >= 15 is 0 Å². The third kappa shape index (κ3) is 2.64. The zero-order valence-corrected chi connectivity index (χ0v) is 9.40. The fraction of sp³-hybridized carbons (Fsp3) is 0.0714. The van der Waals surface area contributed by atoms with Crippen LogP contribution in [0, 0.1) is 6.07 Å². The molecule has 0 aliphatic rings. The van der Waals surface area contributed by atoms with E-state index in [0.29, 0.717) is 5.56 Å². The Bertz CT molecular complexity index is 532. The van der Waals surface area contributed by atoms with E-state index in [4.69, 9.17) is 0 Å². The maximum Gasteiger partial charge on any atom is 0.221 e. The van der Waals surface area contributed by atoms with E-state index in [2.05, 4.69) is 11.4 Å². The second-order valence-corrected chi connectivity index (χ2v) is 3.69. The van der Waals surface area contributed by atoms with Crippen LogP contribution in [0.2, 0.25) is 0 Å². The summed E-state index contributed by atoms with van der Waals surface area (Å²) >= 11 is 0. The lowest BCUT2D eigenvalue weighted by Gasteiger charge is -2.06. The van der Waals surface area contributed by atoms with Gasteiger partial charge in [-0.2, -0.15) is 0 Å². The number of aromatic hydroxyl groups is 1. The molecule has 2 rings (SSSR count). The van der Waals surface area contributed by atoms with Gasteiger partial charge >= 0.3 is 0 Å². The van der Waals surface area contributed by atoms with E-state index in [1.54, 1.807) is 30.3 Å². The highest BCUT2D eigenvalue weighted by molar-refractivity contribution is 5.89. The molecule has 17 heavy (non-hydrogen) atoms. The highest BCUT2D eigenvalue weighted by Gasteiger charge is 2.03. The second-order valence-electron chi connectivity index (χ2n) is 3.69. The van der Waals surface area contributed by atoms with E-state index in [-0.39, 0.29) is 11.7 Å². The van der Waals surface area contributed by atoms with Gasteiger partial charge < -0.3 is 10.4 Å². The molecule has 0 saturated heterocycles. The average Bonchev–Trinajstić information content (AvgIpc) is 2.30. The molecule has 0 atom stereocenters. The van der Waals surface area contributed by atoms with Crippen molar-refractivity contribution in [1.29, 1.82) is 0 Å². The molecule has 1 radical (unpaired) electrons. The minimum absolute atomic E-state index is 0.105. The third-order valence-corrected chi connectivity index (χ3v) is 2.33. The molecule has 3 nitrogen and oxygen atoms in total. The molecule has 0 aliphatic heterocycles. The van der Waals surface area contributed by atoms with Crippen LogP contribution in [0.3, 0.4) is 0 Å². The summed E-state index contributed by atoms with van der Waals surface area (Å²) in [4.78, 5) is 10.9. The van der Waals surface area contributed by atoms with Crippen molar-refractivity contribution in [3.05, 3.63) is 48.5 Å². The maximum absolute atomic E-state index is 10.9. The number of rotatable bonds is 2. The number of hydrogen-bond donors (Lipinski definition) is 2. The number of nitrogens with one attached hydrogen (secondary N) is 1. The largest absolute Gasteiger partial charge is 0.507 e. The zero-order valence-electron chi connectivity index (χ0n) is 9.40. The minimum atomic E-state index is -0.105. The Morgan fingerprint density at radius 1 is 1.24 bits per heavy atom. The van der Waals surface area contributed by atoms with Crippen molar-refractivity contribution in [3.63, 3.8) is 0 Å². The Morgan fingerprint density at radius 2 is 1.94 bits per heavy atom. The molecule has 0 fully saturated rings. The Morgan fingerprint density at radius 3 is 2.53 bits per heavy atom. The van der Waals surface area contributed by atoms with Crippen molar-refractivity contribution in [1.82, 2.24) is 0 Å². The molecule has 0 bridgehead atoms. The van der Waals surface area contributed by atoms with Crippen molar-refractivity contribution < 1.29 is 9.90 Å². The lowest BCUT2D eigenvalue weighted by Crippen LogP contribution is -2.05. The van der Waals surface area contributed by atoms with Gasteiger partial charge in [0.05, 0.1) is 0 Å². The quantitative estimate of drug-likeness (QED) is 0.827. The van der Waals surface area contributed by atoms with Crippen LogP contribution >= 0.6 is 0 Å². The van der Waals surface area contributed by atoms with Crippen LogP contribution in [0.1, 0.15) is 6.92 Å². The van der Waals surface area contributed by atoms with Crippen molar-refractivity contribution in [2.24, 2.45) is 0 Å². The molecule has 0 unspecified atom stereocenters. The number of anilines is 1. The van der Waals surface area contributed by atoms with Gasteiger partial charge in [-0.3, -0.25) is 4.79 Å². The van der Waals surface area contributed by atoms with Gasteiger partial charge in [0.2, 0.25) is 5.91 Å². The van der Waals surface area contributed by atoms with E-state index < -0.39 is 0 Å². The van der Waals surface area contributed by atoms with E-state index in [0.717, 1.165) is 11.3 Å². The Kier molecular flexibility index (Phi) is 3.10. The Balaban J connectivity index is 2.30. The minimum Gasteiger partial charge on any atom is -0.507 e. The van der Waals surface area contributed by atoms with E-state index in [1.807, 2.05) is 12.1 Å². The number of phenolic OH excluding ortho intramolecular Hbond substituents is 1. The van der Waals surface area contributed by atoms with Gasteiger partial charge in [-0.15, -0.1) is 0 Å². The fourth-order valence-electron chi connectivity index (χ4n) is 1.58. The van der Waals surface area contributed by atoms with Gasteiger partial charge in [0.15, 0.2) is 0 Å². The van der Waals surface area contributed by atoms with Gasteiger partial charge in [-0.05, 0) is 29.8 Å². The standard InChI is InChI=1S/C14H12NO2/c1-10(16)15-12-8-6-11(7-9-12)13-4-2-3-5-14(13)17/h2-3,5-9,17H,1H3,(H,15,16). The van der Waals surface area contributed by atoms with Gasteiger partial charge in [-0.1, -0.05) is 24.3 Å². The molecular weight excluding hydrogens is 214 g/mol. The highest BCUT2D eigenvalue weighted by atomic mass is 16.3. The monoisotopic (exact) mass is 226 g/mol. The van der Waals surface area contributed by atoms with Gasteiger partial charge in [-0.25, -0.2) is 0 Å². The first kappa shape index (κ1) is 11.2. The Labute approximate surface area is 99.7 Å². The summed E-state index contributed by atoms with van der Waals surface area (Å²) in [5, 5.41) is 12.4. The summed E-state index contributed by atoms with van der Waals surface area (Å²) in [6.45, 7) is 1.46. The van der Waals surface area contributed by atoms with Gasteiger partial charge in [0.25, 0.3) is 0 Å². The molecule has 85 valence electrons. The molecule has 2 aromatic rings. The number of hydrogen-bond acceptors (Lipinski definition) is 2. The molecule has 1 amide bonds. The van der Waals surface area contributed by atoms with Crippen LogP contribution in [0.5, 0.6) is 5.75 Å². The van der Waals surface area contributed by atoms with E-state index in [9.17, 15) is 9.90 Å². The fourth-order valence-corrected chi connectivity index (χ4v) is 1.58. The molecule has 0 heterocycles. The van der Waals surface area contributed by atoms with Crippen LogP contribution in [0.4, 0.5) is 5.69 Å². The van der Waals surface area contributed by atoms with Crippen LogP contribution in [-0.2, 0) is 4.79 Å². The summed E-state index contributed by atoms with van der Waals surface area (Å²) in [5.74, 6) is 0.0895. The van der Waals surface area contributed by atoms with Crippen LogP contribution in [-0.4, -0.2) is 11.0 Å². The first-order valence-electron chi connectivity index (χ1n) is 5.24. The topological polar surface area (TPSA) is 49.3 Å². The average molecular weight is 226 g/mol. The van der Waals surface area contributed by atoms with Crippen molar-refractivity contribution in [2.75, 3.05) is 5.32 Å². The smallest absolute Gasteiger partial charge is 0.221 e. The van der Waals surface area contributed by atoms with E-state index in [1.165, 1.54) is 6.92 Å². The first-order chi connectivity index (χ1) is 8.16. The van der Waals surface area contributed by atoms with Crippen LogP contribution in [0.15, 0.2) is 42.5 Å². The number of carbonyl (C=O) groups excluding carboxylic acids is 1. The summed E-state index contributed by atoms with van der Waals surface area (Å²) in [7, 11) is 0.